The third-order valence-corrected chi connectivity index (χ3v) is 2.77. The number of benzene rings is 1. The number of H-pyrrole nitrogens is 1. The second-order valence-corrected chi connectivity index (χ2v) is 4.41. The summed E-state index contributed by atoms with van der Waals surface area (Å²) in [4.78, 5) is 14.6. The fourth-order valence-corrected chi connectivity index (χ4v) is 1.90. The molecule has 0 aliphatic heterocycles. The van der Waals surface area contributed by atoms with Crippen LogP contribution in [0.3, 0.4) is 0 Å². The summed E-state index contributed by atoms with van der Waals surface area (Å²) in [7, 11) is 0. The van der Waals surface area contributed by atoms with E-state index in [0.717, 1.165) is 15.7 Å². The van der Waals surface area contributed by atoms with Crippen molar-refractivity contribution in [2.24, 2.45) is 0 Å². The largest absolute Gasteiger partial charge is 0.357 e. The van der Waals surface area contributed by atoms with Gasteiger partial charge in [0.15, 0.2) is 0 Å². The van der Waals surface area contributed by atoms with Gasteiger partial charge < -0.3 is 10.3 Å². The maximum atomic E-state index is 11.8. The van der Waals surface area contributed by atoms with Crippen molar-refractivity contribution < 1.29 is 4.79 Å². The summed E-state index contributed by atoms with van der Waals surface area (Å²) in [6.45, 7) is 1.95. The Balaban J connectivity index is 2.18. The van der Waals surface area contributed by atoms with E-state index in [0.29, 0.717) is 5.69 Å². The Bertz CT molecular complexity index is 506. The molecule has 0 unspecified atom stereocenters. The molecule has 16 heavy (non-hydrogen) atoms. The predicted octanol–water partition coefficient (Wildman–Crippen LogP) is 3.34. The van der Waals surface area contributed by atoms with Gasteiger partial charge in [-0.05, 0) is 42.8 Å². The number of aromatic amines is 1. The molecule has 1 aromatic carbocycles. The van der Waals surface area contributed by atoms with Crippen LogP contribution in [0.5, 0.6) is 0 Å². The number of rotatable bonds is 2. The first-order valence-electron chi connectivity index (χ1n) is 4.88. The van der Waals surface area contributed by atoms with Gasteiger partial charge in [0.2, 0.25) is 0 Å². The maximum absolute atomic E-state index is 11.8. The molecule has 0 aliphatic carbocycles. The summed E-state index contributed by atoms with van der Waals surface area (Å²) in [5.41, 5.74) is 2.40. The van der Waals surface area contributed by atoms with E-state index < -0.39 is 0 Å². The van der Waals surface area contributed by atoms with Gasteiger partial charge in [-0.15, -0.1) is 0 Å². The molecule has 0 bridgehead atoms. The predicted molar refractivity (Wildman–Crippen MR) is 67.6 cm³/mol. The van der Waals surface area contributed by atoms with Crippen molar-refractivity contribution in [1.29, 1.82) is 0 Å². The van der Waals surface area contributed by atoms with Crippen molar-refractivity contribution in [3.8, 4) is 0 Å². The third-order valence-electron chi connectivity index (χ3n) is 2.28. The molecule has 0 spiro atoms. The minimum atomic E-state index is -0.129. The van der Waals surface area contributed by atoms with Gasteiger partial charge in [0, 0.05) is 16.4 Å². The lowest BCUT2D eigenvalue weighted by atomic mass is 10.2. The molecule has 2 N–H and O–H groups in total. The van der Waals surface area contributed by atoms with Gasteiger partial charge in [-0.3, -0.25) is 4.79 Å². The van der Waals surface area contributed by atoms with Crippen molar-refractivity contribution in [2.75, 3.05) is 5.32 Å². The molecule has 4 heteroatoms. The van der Waals surface area contributed by atoms with Crippen LogP contribution < -0.4 is 5.32 Å². The van der Waals surface area contributed by atoms with E-state index in [1.807, 2.05) is 25.1 Å². The van der Waals surface area contributed by atoms with Crippen molar-refractivity contribution in [3.63, 3.8) is 0 Å². The van der Waals surface area contributed by atoms with Crippen LogP contribution >= 0.6 is 15.9 Å². The maximum Gasteiger partial charge on any atom is 0.272 e. The molecule has 2 rings (SSSR count). The Labute approximate surface area is 102 Å². The van der Waals surface area contributed by atoms with Crippen molar-refractivity contribution in [3.05, 3.63) is 52.3 Å². The smallest absolute Gasteiger partial charge is 0.272 e. The summed E-state index contributed by atoms with van der Waals surface area (Å²) in [5.74, 6) is -0.129. The first-order valence-corrected chi connectivity index (χ1v) is 5.67. The number of nitrogens with one attached hydrogen (secondary N) is 2. The molecule has 3 nitrogen and oxygen atoms in total. The Morgan fingerprint density at radius 1 is 1.38 bits per heavy atom. The van der Waals surface area contributed by atoms with Gasteiger partial charge in [-0.1, -0.05) is 15.9 Å². The van der Waals surface area contributed by atoms with Crippen LogP contribution in [0.2, 0.25) is 0 Å². The average molecular weight is 279 g/mol. The Hall–Kier alpha value is -1.55. The molecule has 0 fully saturated rings. The number of anilines is 1. The zero-order valence-electron chi connectivity index (χ0n) is 8.75. The van der Waals surface area contributed by atoms with E-state index >= 15 is 0 Å². The Kier molecular flexibility index (Phi) is 3.10. The lowest BCUT2D eigenvalue weighted by Crippen LogP contribution is -2.12. The fraction of sp³-hybridized carbons (Fsp3) is 0.0833. The van der Waals surface area contributed by atoms with Crippen molar-refractivity contribution >= 4 is 27.5 Å². The first kappa shape index (κ1) is 11.0. The van der Waals surface area contributed by atoms with Crippen LogP contribution in [0.4, 0.5) is 5.69 Å². The molecule has 1 heterocycles. The zero-order chi connectivity index (χ0) is 11.5. The van der Waals surface area contributed by atoms with Gasteiger partial charge in [0.25, 0.3) is 5.91 Å². The highest BCUT2D eigenvalue weighted by molar-refractivity contribution is 9.10. The van der Waals surface area contributed by atoms with Crippen LogP contribution in [-0.4, -0.2) is 10.9 Å². The van der Waals surface area contributed by atoms with Gasteiger partial charge in [0.1, 0.15) is 5.69 Å². The van der Waals surface area contributed by atoms with Crippen LogP contribution in [0.15, 0.2) is 41.0 Å². The van der Waals surface area contributed by atoms with E-state index in [1.165, 1.54) is 0 Å². The zero-order valence-corrected chi connectivity index (χ0v) is 10.3. The molecule has 82 valence electrons. The molecule has 0 saturated heterocycles. The lowest BCUT2D eigenvalue weighted by Gasteiger charge is -2.07. The molecular weight excluding hydrogens is 268 g/mol. The van der Waals surface area contributed by atoms with E-state index in [1.54, 1.807) is 18.3 Å². The van der Waals surface area contributed by atoms with Crippen LogP contribution in [0.1, 0.15) is 16.1 Å². The second-order valence-electron chi connectivity index (χ2n) is 3.50. The highest BCUT2D eigenvalue weighted by Gasteiger charge is 2.07. The van der Waals surface area contributed by atoms with E-state index in [9.17, 15) is 4.79 Å². The number of carbonyl (C=O) groups is 1. The molecule has 1 amide bonds. The Morgan fingerprint density at radius 3 is 2.81 bits per heavy atom. The number of amides is 1. The van der Waals surface area contributed by atoms with Crippen LogP contribution in [0.25, 0.3) is 0 Å². The van der Waals surface area contributed by atoms with Gasteiger partial charge in [-0.2, -0.15) is 0 Å². The molecule has 0 radical (unpaired) electrons. The Morgan fingerprint density at radius 2 is 2.19 bits per heavy atom. The van der Waals surface area contributed by atoms with Crippen LogP contribution in [-0.2, 0) is 0 Å². The summed E-state index contributed by atoms with van der Waals surface area (Å²) < 4.78 is 1.00. The SMILES string of the molecule is Cc1cc(Br)ccc1NC(=O)c1ccc[nH]1. The van der Waals surface area contributed by atoms with Gasteiger partial charge in [0.05, 0.1) is 0 Å². The third kappa shape index (κ3) is 2.33. The molecule has 1 aromatic heterocycles. The summed E-state index contributed by atoms with van der Waals surface area (Å²) >= 11 is 3.38. The lowest BCUT2D eigenvalue weighted by molar-refractivity contribution is 0.102. The highest BCUT2D eigenvalue weighted by atomic mass is 79.9. The number of carbonyl (C=O) groups excluding carboxylic acids is 1. The number of hydrogen-bond acceptors (Lipinski definition) is 1. The van der Waals surface area contributed by atoms with Gasteiger partial charge in [-0.25, -0.2) is 0 Å². The van der Waals surface area contributed by atoms with E-state index in [4.69, 9.17) is 0 Å². The number of aryl methyl sites for hydroxylation is 1. The minimum absolute atomic E-state index is 0.129. The molecule has 0 saturated carbocycles. The summed E-state index contributed by atoms with van der Waals surface area (Å²) in [5, 5.41) is 2.85. The quantitative estimate of drug-likeness (QED) is 0.870. The van der Waals surface area contributed by atoms with Gasteiger partial charge >= 0.3 is 0 Å². The molecule has 2 aromatic rings. The average Bonchev–Trinajstić information content (AvgIpc) is 2.75. The fourth-order valence-electron chi connectivity index (χ4n) is 1.43. The monoisotopic (exact) mass is 278 g/mol. The second kappa shape index (κ2) is 4.53. The summed E-state index contributed by atoms with van der Waals surface area (Å²) in [6, 6.07) is 9.27. The van der Waals surface area contributed by atoms with Crippen molar-refractivity contribution in [2.45, 2.75) is 6.92 Å². The molecular formula is C12H11BrN2O. The standard InChI is InChI=1S/C12H11BrN2O/c1-8-7-9(13)4-5-10(8)15-12(16)11-3-2-6-14-11/h2-7,14H,1H3,(H,15,16). The van der Waals surface area contributed by atoms with Crippen molar-refractivity contribution in [1.82, 2.24) is 4.98 Å². The van der Waals surface area contributed by atoms with E-state index in [2.05, 4.69) is 26.2 Å². The highest BCUT2D eigenvalue weighted by Crippen LogP contribution is 2.20. The van der Waals surface area contributed by atoms with E-state index in [-0.39, 0.29) is 5.91 Å². The summed E-state index contributed by atoms with van der Waals surface area (Å²) in [6.07, 6.45) is 1.73. The minimum Gasteiger partial charge on any atom is -0.357 e. The van der Waals surface area contributed by atoms with Crippen LogP contribution in [0, 0.1) is 6.92 Å². The number of halogens is 1. The topological polar surface area (TPSA) is 44.9 Å². The molecule has 0 atom stereocenters. The first-order chi connectivity index (χ1) is 7.66. The number of hydrogen-bond donors (Lipinski definition) is 2. The number of aromatic nitrogens is 1. The molecule has 0 aliphatic rings. The normalized spacial score (nSPS) is 10.1.